The van der Waals surface area contributed by atoms with E-state index in [1.807, 2.05) is 24.3 Å². The first kappa shape index (κ1) is 17.1. The third kappa shape index (κ3) is 3.49. The molecule has 2 aliphatic rings. The third-order valence-corrected chi connectivity index (χ3v) is 5.41. The van der Waals surface area contributed by atoms with Crippen molar-refractivity contribution in [2.24, 2.45) is 5.92 Å². The number of hydrogen-bond acceptors (Lipinski definition) is 5. The Kier molecular flexibility index (Phi) is 4.72. The van der Waals surface area contributed by atoms with Crippen LogP contribution in [-0.2, 0) is 4.79 Å². The van der Waals surface area contributed by atoms with E-state index in [4.69, 9.17) is 0 Å². The minimum Gasteiger partial charge on any atom is -0.388 e. The molecule has 7 heteroatoms. The van der Waals surface area contributed by atoms with Crippen LogP contribution in [0, 0.1) is 5.92 Å². The second-order valence-electron chi connectivity index (χ2n) is 7.26. The lowest BCUT2D eigenvalue weighted by Gasteiger charge is -2.31. The highest BCUT2D eigenvalue weighted by Crippen LogP contribution is 2.29. The molecule has 6 nitrogen and oxygen atoms in total. The molecule has 26 heavy (non-hydrogen) atoms. The molecule has 138 valence electrons. The van der Waals surface area contributed by atoms with E-state index in [0.29, 0.717) is 0 Å². The molecule has 0 spiro atoms. The molecule has 2 N–H and O–H groups in total. The lowest BCUT2D eigenvalue weighted by molar-refractivity contribution is -0.136. The molecule has 2 fully saturated rings. The van der Waals surface area contributed by atoms with Gasteiger partial charge in [-0.2, -0.15) is 0 Å². The summed E-state index contributed by atoms with van der Waals surface area (Å²) in [6.45, 7) is 0.135. The van der Waals surface area contributed by atoms with E-state index < -0.39 is 12.3 Å². The minimum absolute atomic E-state index is 0.0187. The zero-order valence-corrected chi connectivity index (χ0v) is 14.5. The summed E-state index contributed by atoms with van der Waals surface area (Å²) in [6, 6.07) is 8.00. The summed E-state index contributed by atoms with van der Waals surface area (Å²) >= 11 is 0. The molecule has 2 atom stereocenters. The Balaban J connectivity index is 1.32. The first-order chi connectivity index (χ1) is 12.6. The molecule has 2 heterocycles. The van der Waals surface area contributed by atoms with Crippen LogP contribution in [-0.4, -0.2) is 57.3 Å². The van der Waals surface area contributed by atoms with Crippen molar-refractivity contribution in [3.05, 3.63) is 30.5 Å². The largest absolute Gasteiger partial charge is 0.388 e. The summed E-state index contributed by atoms with van der Waals surface area (Å²) in [5.74, 6) is 0.655. The van der Waals surface area contributed by atoms with Gasteiger partial charge >= 0.3 is 0 Å². The highest BCUT2D eigenvalue weighted by molar-refractivity contribution is 5.79. The molecule has 1 aromatic carbocycles. The zero-order chi connectivity index (χ0) is 18.1. The Labute approximate surface area is 151 Å². The SMILES string of the molecule is O=C(C1CCC(Nc2cnc3ccccc3n2)CC1)N1C[C@@H](O)[C@H](F)C1. The van der Waals surface area contributed by atoms with Gasteiger partial charge in [0.2, 0.25) is 5.91 Å². The van der Waals surface area contributed by atoms with Gasteiger partial charge in [-0.1, -0.05) is 12.1 Å². The van der Waals surface area contributed by atoms with E-state index in [0.717, 1.165) is 42.5 Å². The Morgan fingerprint density at radius 1 is 1.15 bits per heavy atom. The van der Waals surface area contributed by atoms with Gasteiger partial charge in [-0.25, -0.2) is 9.37 Å². The van der Waals surface area contributed by atoms with E-state index in [9.17, 15) is 14.3 Å². The number of para-hydroxylation sites is 2. The molecular formula is C19H23FN4O2. The molecule has 1 aliphatic heterocycles. The predicted molar refractivity (Wildman–Crippen MR) is 96.4 cm³/mol. The first-order valence-electron chi connectivity index (χ1n) is 9.19. The number of fused-ring (bicyclic) bond motifs is 1. The molecule has 1 saturated carbocycles. The Morgan fingerprint density at radius 3 is 2.58 bits per heavy atom. The summed E-state index contributed by atoms with van der Waals surface area (Å²) in [6.07, 6.45) is 2.64. The molecule has 0 bridgehead atoms. The Morgan fingerprint density at radius 2 is 1.88 bits per heavy atom. The lowest BCUT2D eigenvalue weighted by atomic mass is 9.85. The number of benzene rings is 1. The summed E-state index contributed by atoms with van der Waals surface area (Å²) in [5.41, 5.74) is 1.72. The number of anilines is 1. The van der Waals surface area contributed by atoms with Crippen LogP contribution in [0.5, 0.6) is 0 Å². The summed E-state index contributed by atoms with van der Waals surface area (Å²) in [4.78, 5) is 23.0. The number of aliphatic hydroxyl groups excluding tert-OH is 1. The van der Waals surface area contributed by atoms with Gasteiger partial charge in [0.25, 0.3) is 0 Å². The van der Waals surface area contributed by atoms with Crippen molar-refractivity contribution in [3.8, 4) is 0 Å². The smallest absolute Gasteiger partial charge is 0.225 e. The van der Waals surface area contributed by atoms with Crippen LogP contribution in [0.4, 0.5) is 10.2 Å². The van der Waals surface area contributed by atoms with Crippen molar-refractivity contribution in [1.29, 1.82) is 0 Å². The fourth-order valence-electron chi connectivity index (χ4n) is 3.91. The van der Waals surface area contributed by atoms with Crippen LogP contribution >= 0.6 is 0 Å². The summed E-state index contributed by atoms with van der Waals surface area (Å²) in [5, 5.41) is 12.9. The van der Waals surface area contributed by atoms with Gasteiger partial charge in [0.15, 0.2) is 0 Å². The van der Waals surface area contributed by atoms with Gasteiger partial charge in [-0.05, 0) is 37.8 Å². The Bertz CT molecular complexity index is 784. The minimum atomic E-state index is -1.32. The van der Waals surface area contributed by atoms with Gasteiger partial charge in [0.1, 0.15) is 18.1 Å². The second-order valence-corrected chi connectivity index (χ2v) is 7.26. The van der Waals surface area contributed by atoms with Crippen LogP contribution in [0.3, 0.4) is 0 Å². The van der Waals surface area contributed by atoms with Gasteiger partial charge in [-0.3, -0.25) is 9.78 Å². The molecule has 1 aromatic heterocycles. The summed E-state index contributed by atoms with van der Waals surface area (Å²) < 4.78 is 13.4. The maximum Gasteiger partial charge on any atom is 0.225 e. The maximum absolute atomic E-state index is 13.4. The van der Waals surface area contributed by atoms with Crippen LogP contribution in [0.15, 0.2) is 30.5 Å². The monoisotopic (exact) mass is 358 g/mol. The van der Waals surface area contributed by atoms with Crippen molar-refractivity contribution in [2.45, 2.75) is 44.0 Å². The van der Waals surface area contributed by atoms with Gasteiger partial charge in [-0.15, -0.1) is 0 Å². The number of carbonyl (C=O) groups is 1. The fourth-order valence-corrected chi connectivity index (χ4v) is 3.91. The number of β-amino-alcohol motifs (C(OH)–C–C–N with tert-alkyl or cyclic N) is 1. The standard InChI is InChI=1S/C19H23FN4O2/c20-14-10-24(11-17(14)25)19(26)12-5-7-13(8-6-12)22-18-9-21-15-3-1-2-4-16(15)23-18/h1-4,9,12-14,17,25H,5-8,10-11H2,(H,22,23)/t12?,13?,14-,17-/m1/s1. The molecule has 1 saturated heterocycles. The number of alkyl halides is 1. The number of rotatable bonds is 3. The number of aliphatic hydroxyl groups is 1. The van der Waals surface area contributed by atoms with Crippen molar-refractivity contribution in [2.75, 3.05) is 18.4 Å². The second kappa shape index (κ2) is 7.15. The predicted octanol–water partition coefficient (Wildman–Crippen LogP) is 2.14. The fraction of sp³-hybridized carbons (Fsp3) is 0.526. The average Bonchev–Trinajstić information content (AvgIpc) is 3.00. The molecule has 4 rings (SSSR count). The molecular weight excluding hydrogens is 335 g/mol. The van der Waals surface area contributed by atoms with E-state index in [2.05, 4.69) is 15.3 Å². The van der Waals surface area contributed by atoms with E-state index in [1.165, 1.54) is 4.90 Å². The summed E-state index contributed by atoms with van der Waals surface area (Å²) in [7, 11) is 0. The van der Waals surface area contributed by atoms with Gasteiger partial charge < -0.3 is 15.3 Å². The van der Waals surface area contributed by atoms with Gasteiger partial charge in [0.05, 0.1) is 23.8 Å². The first-order valence-corrected chi connectivity index (χ1v) is 9.19. The van der Waals surface area contributed by atoms with Crippen LogP contribution in [0.1, 0.15) is 25.7 Å². The average molecular weight is 358 g/mol. The van der Waals surface area contributed by atoms with E-state index >= 15 is 0 Å². The molecule has 0 unspecified atom stereocenters. The van der Waals surface area contributed by atoms with Crippen molar-refractivity contribution >= 4 is 22.8 Å². The number of amides is 1. The number of aromatic nitrogens is 2. The quantitative estimate of drug-likeness (QED) is 0.879. The molecule has 2 aromatic rings. The Hall–Kier alpha value is -2.28. The highest BCUT2D eigenvalue weighted by Gasteiger charge is 2.37. The van der Waals surface area contributed by atoms with Crippen LogP contribution in [0.2, 0.25) is 0 Å². The van der Waals surface area contributed by atoms with Crippen LogP contribution < -0.4 is 5.32 Å². The van der Waals surface area contributed by atoms with Crippen molar-refractivity contribution in [3.63, 3.8) is 0 Å². The number of carbonyl (C=O) groups excluding carboxylic acids is 1. The lowest BCUT2D eigenvalue weighted by Crippen LogP contribution is -2.38. The molecule has 1 aliphatic carbocycles. The maximum atomic E-state index is 13.4. The number of nitrogens with one attached hydrogen (secondary N) is 1. The van der Waals surface area contributed by atoms with E-state index in [1.54, 1.807) is 6.20 Å². The number of likely N-dealkylation sites (tertiary alicyclic amines) is 1. The number of nitrogens with zero attached hydrogens (tertiary/aromatic N) is 3. The highest BCUT2D eigenvalue weighted by atomic mass is 19.1. The topological polar surface area (TPSA) is 78.4 Å². The van der Waals surface area contributed by atoms with E-state index in [-0.39, 0.29) is 31.0 Å². The normalized spacial score (nSPS) is 29.1. The zero-order valence-electron chi connectivity index (χ0n) is 14.5. The molecule has 0 radical (unpaired) electrons. The third-order valence-electron chi connectivity index (χ3n) is 5.41. The number of halogens is 1. The van der Waals surface area contributed by atoms with Crippen molar-refractivity contribution < 1.29 is 14.3 Å². The van der Waals surface area contributed by atoms with Gasteiger partial charge in [0, 0.05) is 18.5 Å². The molecule has 1 amide bonds. The van der Waals surface area contributed by atoms with Crippen molar-refractivity contribution in [1.82, 2.24) is 14.9 Å². The van der Waals surface area contributed by atoms with Crippen LogP contribution in [0.25, 0.3) is 11.0 Å². The number of hydrogen-bond donors (Lipinski definition) is 2.